The highest BCUT2D eigenvalue weighted by molar-refractivity contribution is 8.14. The number of benzene rings is 6. The predicted molar refractivity (Wildman–Crippen MR) is 218 cm³/mol. The van der Waals surface area contributed by atoms with Gasteiger partial charge in [-0.1, -0.05) is 84.6 Å². The van der Waals surface area contributed by atoms with Crippen LogP contribution in [0.1, 0.15) is 43.0 Å². The number of rotatable bonds is 6. The van der Waals surface area contributed by atoms with E-state index in [0.717, 1.165) is 76.5 Å². The van der Waals surface area contributed by atoms with Crippen LogP contribution in [0.4, 0.5) is 0 Å². The Labute approximate surface area is 330 Å². The fourth-order valence-electron chi connectivity index (χ4n) is 6.97. The van der Waals surface area contributed by atoms with Gasteiger partial charge < -0.3 is 0 Å². The molecule has 6 aromatic rings. The van der Waals surface area contributed by atoms with Crippen molar-refractivity contribution in [2.45, 2.75) is 19.6 Å². The average Bonchev–Trinajstić information content (AvgIpc) is 3.74. The summed E-state index contributed by atoms with van der Waals surface area (Å²) in [5.74, 6) is 0. The zero-order valence-corrected chi connectivity index (χ0v) is 31.0. The second-order valence-corrected chi connectivity index (χ2v) is 15.5. The molecule has 0 unspecified atom stereocenters. The van der Waals surface area contributed by atoms with Gasteiger partial charge in [0.15, 0.2) is 0 Å². The highest BCUT2D eigenvalue weighted by Crippen LogP contribution is 2.50. The normalized spacial score (nSPS) is 13.5. The largest absolute Gasteiger partial charge is 0.281 e. The summed E-state index contributed by atoms with van der Waals surface area (Å²) in [7, 11) is 0. The maximum Gasteiger partial charge on any atom is 0.270 e. The van der Waals surface area contributed by atoms with Gasteiger partial charge >= 0.3 is 0 Å². The lowest BCUT2D eigenvalue weighted by molar-refractivity contribution is 0.108. The third-order valence-corrected chi connectivity index (χ3v) is 12.1. The first-order chi connectivity index (χ1) is 26.9. The van der Waals surface area contributed by atoms with Crippen molar-refractivity contribution >= 4 is 56.7 Å². The first-order valence-electron chi connectivity index (χ1n) is 16.8. The molecular formula is C46H22N4O2S3. The first-order valence-corrected chi connectivity index (χ1v) is 19.2. The van der Waals surface area contributed by atoms with Gasteiger partial charge in [-0.15, -0.1) is 0 Å². The molecule has 0 heterocycles. The van der Waals surface area contributed by atoms with E-state index in [4.69, 9.17) is 13.1 Å². The Balaban J connectivity index is 0.963. The van der Waals surface area contributed by atoms with Gasteiger partial charge in [-0.2, -0.15) is 0 Å². The van der Waals surface area contributed by atoms with E-state index in [0.29, 0.717) is 33.4 Å². The lowest BCUT2D eigenvalue weighted by atomic mass is 9.99. The molecule has 0 saturated heterocycles. The van der Waals surface area contributed by atoms with Crippen molar-refractivity contribution in [3.63, 3.8) is 0 Å². The second-order valence-electron chi connectivity index (χ2n) is 12.3. The molecule has 256 valence electrons. The minimum atomic E-state index is -0.130. The molecule has 0 N–H and O–H groups in total. The Kier molecular flexibility index (Phi) is 9.52. The third-order valence-electron chi connectivity index (χ3n) is 9.25. The molecule has 9 heteroatoms. The molecule has 0 spiro atoms. The molecule has 2 aliphatic rings. The summed E-state index contributed by atoms with van der Waals surface area (Å²) < 4.78 is 0. The number of carbonyl (C=O) groups is 2. The lowest BCUT2D eigenvalue weighted by Gasteiger charge is -2.10. The molecule has 6 nitrogen and oxygen atoms in total. The van der Waals surface area contributed by atoms with Crippen LogP contribution in [-0.2, 0) is 0 Å². The molecule has 0 saturated carbocycles. The summed E-state index contributed by atoms with van der Waals surface area (Å²) in [5, 5.41) is 19.1. The SMILES string of the molecule is [C-]#[N+]C(C#N)=C1c2ccccc2-c2c(C(=O)Sc3ccc(Sc4ccc(SC(=O)c5cccc6c5-c5ccccc5C6=C(C#N)[N+]#[C-])cc4)cc3)cccc21. The zero-order valence-electron chi connectivity index (χ0n) is 28.5. The molecule has 55 heavy (non-hydrogen) atoms. The Bertz CT molecular complexity index is 2640. The van der Waals surface area contributed by atoms with Gasteiger partial charge in [-0.05, 0) is 118 Å². The molecule has 0 aromatic heterocycles. The van der Waals surface area contributed by atoms with E-state index in [9.17, 15) is 20.1 Å². The Morgan fingerprint density at radius 2 is 0.800 bits per heavy atom. The summed E-state index contributed by atoms with van der Waals surface area (Å²) in [6.45, 7) is 15.1. The molecular weight excluding hydrogens is 737 g/mol. The van der Waals surface area contributed by atoms with Crippen LogP contribution in [0.15, 0.2) is 164 Å². The molecule has 0 amide bonds. The molecule has 0 aliphatic heterocycles. The third kappa shape index (κ3) is 6.34. The van der Waals surface area contributed by atoms with Crippen LogP contribution in [0.25, 0.3) is 43.1 Å². The summed E-state index contributed by atoms with van der Waals surface area (Å²) in [6.07, 6.45) is 0. The lowest BCUT2D eigenvalue weighted by Crippen LogP contribution is -1.98. The number of nitrogens with zero attached hydrogens (tertiary/aromatic N) is 4. The molecule has 0 atom stereocenters. The summed E-state index contributed by atoms with van der Waals surface area (Å²) in [6, 6.07) is 45.6. The maximum atomic E-state index is 13.7. The monoisotopic (exact) mass is 758 g/mol. The number of thioether (sulfide) groups is 2. The summed E-state index contributed by atoms with van der Waals surface area (Å²) >= 11 is 3.83. The van der Waals surface area contributed by atoms with Crippen molar-refractivity contribution in [2.75, 3.05) is 0 Å². The van der Waals surface area contributed by atoms with Gasteiger partial charge in [-0.25, -0.2) is 20.2 Å². The van der Waals surface area contributed by atoms with Gasteiger partial charge in [0.05, 0.1) is 25.3 Å². The number of allylic oxidation sites excluding steroid dienone is 2. The van der Waals surface area contributed by atoms with E-state index in [1.807, 2.05) is 121 Å². The van der Waals surface area contributed by atoms with Crippen molar-refractivity contribution in [3.8, 4) is 34.4 Å². The van der Waals surface area contributed by atoms with Crippen molar-refractivity contribution in [1.29, 1.82) is 10.5 Å². The standard InChI is InChI=1S/C46H22N4O2S3/c1-49-39(25-47)43-33-11-5-3-9-31(33)41-35(43)13-7-15-37(41)45(51)54-29-21-17-27(18-22-29)53-28-19-23-30(24-20-28)55-46(52)38-16-8-14-36-42(38)32-10-4-6-12-34(32)44(36)40(26-48)50-2/h3-24H. The van der Waals surface area contributed by atoms with Crippen LogP contribution in [0.2, 0.25) is 0 Å². The van der Waals surface area contributed by atoms with Crippen LogP contribution < -0.4 is 0 Å². The van der Waals surface area contributed by atoms with Crippen LogP contribution in [0.5, 0.6) is 0 Å². The number of hydrogen-bond acceptors (Lipinski definition) is 7. The van der Waals surface area contributed by atoms with Crippen LogP contribution >= 0.6 is 35.3 Å². The Hall–Kier alpha value is -6.85. The molecule has 2 aliphatic carbocycles. The van der Waals surface area contributed by atoms with Gasteiger partial charge in [-0.3, -0.25) is 9.59 Å². The molecule has 0 bridgehead atoms. The summed E-state index contributed by atoms with van der Waals surface area (Å²) in [5.41, 5.74) is 8.33. The predicted octanol–water partition coefficient (Wildman–Crippen LogP) is 12.1. The first kappa shape index (κ1) is 35.2. The fraction of sp³-hybridized carbons (Fsp3) is 0. The Morgan fingerprint density at radius 1 is 0.455 bits per heavy atom. The highest BCUT2D eigenvalue weighted by Gasteiger charge is 2.31. The topological polar surface area (TPSA) is 90.4 Å². The minimum Gasteiger partial charge on any atom is -0.281 e. The van der Waals surface area contributed by atoms with E-state index < -0.39 is 0 Å². The van der Waals surface area contributed by atoms with Crippen molar-refractivity contribution in [2.24, 2.45) is 0 Å². The highest BCUT2D eigenvalue weighted by atomic mass is 32.2. The van der Waals surface area contributed by atoms with E-state index in [-0.39, 0.29) is 21.6 Å². The van der Waals surface area contributed by atoms with E-state index in [2.05, 4.69) is 9.69 Å². The number of hydrogen-bond donors (Lipinski definition) is 0. The number of carbonyl (C=O) groups excluding carboxylic acids is 2. The minimum absolute atomic E-state index is 0.00211. The molecule has 0 fully saturated rings. The zero-order chi connectivity index (χ0) is 38.1. The van der Waals surface area contributed by atoms with Crippen molar-refractivity contribution in [3.05, 3.63) is 201 Å². The van der Waals surface area contributed by atoms with Crippen molar-refractivity contribution < 1.29 is 9.59 Å². The van der Waals surface area contributed by atoms with Gasteiger partial charge in [0.1, 0.15) is 0 Å². The quantitative estimate of drug-likeness (QED) is 0.0947. The second kappa shape index (κ2) is 14.9. The van der Waals surface area contributed by atoms with Crippen LogP contribution in [0.3, 0.4) is 0 Å². The van der Waals surface area contributed by atoms with E-state index >= 15 is 0 Å². The van der Waals surface area contributed by atoms with E-state index in [1.165, 1.54) is 0 Å². The Morgan fingerprint density at radius 3 is 1.16 bits per heavy atom. The maximum absolute atomic E-state index is 13.7. The molecule has 0 radical (unpaired) electrons. The number of nitriles is 2. The smallest absolute Gasteiger partial charge is 0.270 e. The molecule has 8 rings (SSSR count). The van der Waals surface area contributed by atoms with Crippen molar-refractivity contribution in [1.82, 2.24) is 0 Å². The van der Waals surface area contributed by atoms with Gasteiger partial charge in [0.2, 0.25) is 10.2 Å². The van der Waals surface area contributed by atoms with Gasteiger partial charge in [0, 0.05) is 53.0 Å². The fourth-order valence-corrected chi connectivity index (χ4v) is 9.31. The molecule has 6 aromatic carbocycles. The summed E-state index contributed by atoms with van der Waals surface area (Å²) in [4.78, 5) is 37.9. The average molecular weight is 759 g/mol. The van der Waals surface area contributed by atoms with Crippen LogP contribution in [-0.4, -0.2) is 10.2 Å². The number of fused-ring (bicyclic) bond motifs is 6. The van der Waals surface area contributed by atoms with E-state index in [1.54, 1.807) is 36.0 Å². The van der Waals surface area contributed by atoms with Gasteiger partial charge in [0.25, 0.3) is 11.4 Å². The van der Waals surface area contributed by atoms with Crippen LogP contribution in [0, 0.1) is 35.8 Å².